The van der Waals surface area contributed by atoms with E-state index in [0.29, 0.717) is 0 Å². The highest BCUT2D eigenvalue weighted by Crippen LogP contribution is 2.40. The molecule has 2 nitrogen and oxygen atoms in total. The molecule has 0 aromatic carbocycles. The lowest BCUT2D eigenvalue weighted by molar-refractivity contribution is 0.207. The zero-order chi connectivity index (χ0) is 11.9. The smallest absolute Gasteiger partial charge is 0.0962 e. The first-order chi connectivity index (χ1) is 6.87. The molecule has 5 N–H and O–H groups in total. The summed E-state index contributed by atoms with van der Waals surface area (Å²) in [5, 5.41) is 0. The molecule has 0 saturated heterocycles. The van der Waals surface area contributed by atoms with Gasteiger partial charge in [-0.3, -0.25) is 0 Å². The normalized spacial score (nSPS) is 15.4. The molecule has 0 spiro atoms. The quantitative estimate of drug-likeness (QED) is 0.368. The summed E-state index contributed by atoms with van der Waals surface area (Å²) in [6.07, 6.45) is 8.24. The fraction of sp³-hybridized carbons (Fsp3) is 1.00. The molecule has 1 unspecified atom stereocenters. The first-order valence-electron chi connectivity index (χ1n) is 6.35. The van der Waals surface area contributed by atoms with Crippen LogP contribution in [-0.4, -0.2) is 5.00 Å². The van der Waals surface area contributed by atoms with E-state index in [2.05, 4.69) is 27.7 Å². The molecular formula is C13H31ClN2. The molecule has 0 heterocycles. The number of halogens is 1. The summed E-state index contributed by atoms with van der Waals surface area (Å²) >= 11 is 6.42. The Balaban J connectivity index is 0. The second kappa shape index (κ2) is 8.32. The molecule has 0 aromatic heterocycles. The van der Waals surface area contributed by atoms with E-state index in [9.17, 15) is 0 Å². The van der Waals surface area contributed by atoms with Crippen molar-refractivity contribution in [3.8, 4) is 0 Å². The van der Waals surface area contributed by atoms with E-state index in [-0.39, 0.29) is 11.6 Å². The van der Waals surface area contributed by atoms with Crippen molar-refractivity contribution < 1.29 is 0 Å². The highest BCUT2D eigenvalue weighted by molar-refractivity contribution is 6.24. The van der Waals surface area contributed by atoms with E-state index in [0.717, 1.165) is 19.3 Å². The third kappa shape index (κ3) is 6.07. The third-order valence-electron chi connectivity index (χ3n) is 3.39. The summed E-state index contributed by atoms with van der Waals surface area (Å²) in [6.45, 7) is 8.76. The van der Waals surface area contributed by atoms with Crippen LogP contribution in [0.4, 0.5) is 0 Å². The highest BCUT2D eigenvalue weighted by atomic mass is 35.5. The van der Waals surface area contributed by atoms with Gasteiger partial charge in [-0.25, -0.2) is 0 Å². The largest absolute Gasteiger partial charge is 0.344 e. The minimum absolute atomic E-state index is 0. The number of hydrogen-bond donors (Lipinski definition) is 2. The Kier molecular flexibility index (Phi) is 9.66. The molecule has 0 amide bonds. The van der Waals surface area contributed by atoms with Crippen LogP contribution in [0, 0.1) is 5.41 Å². The Bertz CT molecular complexity index is 167. The molecule has 100 valence electrons. The maximum Gasteiger partial charge on any atom is 0.0962 e. The van der Waals surface area contributed by atoms with Crippen LogP contribution in [0.2, 0.25) is 0 Å². The fourth-order valence-electron chi connectivity index (χ4n) is 1.90. The standard InChI is InChI=1S/C13H28ClN.H3N/c1-5-7-8-9-11-12(3,4)13(14,15)10-6-2;/h5-11,15H2,1-4H3;1H3. The summed E-state index contributed by atoms with van der Waals surface area (Å²) in [5.74, 6) is 0. The SMILES string of the molecule is CCCCCCC(C)(C)C(N)(Cl)CCC.N. The van der Waals surface area contributed by atoms with Crippen molar-refractivity contribution in [3.05, 3.63) is 0 Å². The Morgan fingerprint density at radius 3 is 1.94 bits per heavy atom. The van der Waals surface area contributed by atoms with E-state index < -0.39 is 5.00 Å². The van der Waals surface area contributed by atoms with Crippen LogP contribution in [0.1, 0.15) is 72.6 Å². The molecule has 0 bridgehead atoms. The summed E-state index contributed by atoms with van der Waals surface area (Å²) in [4.78, 5) is -0.534. The molecule has 0 aliphatic carbocycles. The minimum Gasteiger partial charge on any atom is -0.344 e. The van der Waals surface area contributed by atoms with Crippen molar-refractivity contribution in [1.82, 2.24) is 6.15 Å². The second-order valence-electron chi connectivity index (χ2n) is 5.31. The average molecular weight is 251 g/mol. The molecule has 1 atom stereocenters. The predicted octanol–water partition coefficient (Wildman–Crippen LogP) is 4.84. The van der Waals surface area contributed by atoms with Gasteiger partial charge in [-0.15, -0.1) is 11.6 Å². The molecule has 16 heavy (non-hydrogen) atoms. The van der Waals surface area contributed by atoms with Crippen molar-refractivity contribution in [1.29, 1.82) is 0 Å². The van der Waals surface area contributed by atoms with Gasteiger partial charge in [0.05, 0.1) is 5.00 Å². The highest BCUT2D eigenvalue weighted by Gasteiger charge is 2.38. The zero-order valence-electron chi connectivity index (χ0n) is 11.6. The van der Waals surface area contributed by atoms with Crippen LogP contribution >= 0.6 is 11.6 Å². The summed E-state index contributed by atoms with van der Waals surface area (Å²) in [6, 6.07) is 0. The van der Waals surface area contributed by atoms with Gasteiger partial charge in [0.1, 0.15) is 0 Å². The Labute approximate surface area is 107 Å². The van der Waals surface area contributed by atoms with Crippen molar-refractivity contribution in [2.75, 3.05) is 0 Å². The van der Waals surface area contributed by atoms with Crippen LogP contribution < -0.4 is 11.9 Å². The number of nitrogens with two attached hydrogens (primary N) is 1. The minimum atomic E-state index is -0.534. The number of alkyl halides is 1. The van der Waals surface area contributed by atoms with Gasteiger partial charge in [0.25, 0.3) is 0 Å². The van der Waals surface area contributed by atoms with Crippen LogP contribution in [0.5, 0.6) is 0 Å². The van der Waals surface area contributed by atoms with Crippen LogP contribution in [0.25, 0.3) is 0 Å². The van der Waals surface area contributed by atoms with Gasteiger partial charge in [0, 0.05) is 0 Å². The lowest BCUT2D eigenvalue weighted by atomic mass is 9.77. The predicted molar refractivity (Wildman–Crippen MR) is 75.2 cm³/mol. The summed E-state index contributed by atoms with van der Waals surface area (Å²) in [7, 11) is 0. The van der Waals surface area contributed by atoms with Crippen molar-refractivity contribution >= 4 is 11.6 Å². The molecule has 0 rings (SSSR count). The van der Waals surface area contributed by atoms with Crippen LogP contribution in [0.3, 0.4) is 0 Å². The monoisotopic (exact) mass is 250 g/mol. The molecular weight excluding hydrogens is 220 g/mol. The molecule has 0 aliphatic heterocycles. The Hall–Kier alpha value is 0.210. The first-order valence-corrected chi connectivity index (χ1v) is 6.73. The van der Waals surface area contributed by atoms with Crippen molar-refractivity contribution in [2.45, 2.75) is 77.6 Å². The molecule has 0 aliphatic rings. The van der Waals surface area contributed by atoms with Crippen molar-refractivity contribution in [3.63, 3.8) is 0 Å². The van der Waals surface area contributed by atoms with E-state index in [4.69, 9.17) is 17.3 Å². The van der Waals surface area contributed by atoms with Gasteiger partial charge >= 0.3 is 0 Å². The van der Waals surface area contributed by atoms with Gasteiger partial charge in [-0.2, -0.15) is 0 Å². The number of unbranched alkanes of at least 4 members (excludes halogenated alkanes) is 3. The average Bonchev–Trinajstić information content (AvgIpc) is 2.12. The van der Waals surface area contributed by atoms with Crippen molar-refractivity contribution in [2.24, 2.45) is 11.1 Å². The van der Waals surface area contributed by atoms with Gasteiger partial charge in [0.2, 0.25) is 0 Å². The Morgan fingerprint density at radius 2 is 1.50 bits per heavy atom. The van der Waals surface area contributed by atoms with Gasteiger partial charge < -0.3 is 11.9 Å². The summed E-state index contributed by atoms with van der Waals surface area (Å²) in [5.41, 5.74) is 6.23. The molecule has 0 aromatic rings. The zero-order valence-corrected chi connectivity index (χ0v) is 12.4. The summed E-state index contributed by atoms with van der Waals surface area (Å²) < 4.78 is 0. The van der Waals surface area contributed by atoms with Crippen LogP contribution in [0.15, 0.2) is 0 Å². The topological polar surface area (TPSA) is 61.0 Å². The number of hydrogen-bond acceptors (Lipinski definition) is 2. The number of rotatable bonds is 8. The molecule has 0 fully saturated rings. The second-order valence-corrected chi connectivity index (χ2v) is 5.98. The molecule has 3 heteroatoms. The maximum absolute atomic E-state index is 6.42. The molecule has 0 radical (unpaired) electrons. The molecule has 0 saturated carbocycles. The van der Waals surface area contributed by atoms with Gasteiger partial charge in [0.15, 0.2) is 0 Å². The van der Waals surface area contributed by atoms with Crippen LogP contribution in [-0.2, 0) is 0 Å². The van der Waals surface area contributed by atoms with E-state index in [1.165, 1.54) is 25.7 Å². The Morgan fingerprint density at radius 1 is 0.938 bits per heavy atom. The first kappa shape index (κ1) is 18.6. The maximum atomic E-state index is 6.42. The van der Waals surface area contributed by atoms with E-state index in [1.54, 1.807) is 0 Å². The van der Waals surface area contributed by atoms with E-state index in [1.807, 2.05) is 0 Å². The van der Waals surface area contributed by atoms with Gasteiger partial charge in [-0.1, -0.05) is 59.8 Å². The fourth-order valence-corrected chi connectivity index (χ4v) is 2.19. The lowest BCUT2D eigenvalue weighted by Crippen LogP contribution is -2.47. The lowest BCUT2D eigenvalue weighted by Gasteiger charge is -2.39. The third-order valence-corrected chi connectivity index (χ3v) is 4.09. The van der Waals surface area contributed by atoms with Gasteiger partial charge in [-0.05, 0) is 18.3 Å². The van der Waals surface area contributed by atoms with E-state index >= 15 is 0 Å².